The normalized spacial score (nSPS) is 11.4. The molecule has 0 fully saturated rings. The molecule has 18 heavy (non-hydrogen) atoms. The van der Waals surface area contributed by atoms with Gasteiger partial charge >= 0.3 is 0 Å². The van der Waals surface area contributed by atoms with Crippen molar-refractivity contribution >= 4 is 21.8 Å². The first-order valence-corrected chi connectivity index (χ1v) is 6.14. The van der Waals surface area contributed by atoms with Crippen LogP contribution in [0.1, 0.15) is 18.6 Å². The molecule has 1 aromatic carbocycles. The zero-order valence-electron chi connectivity index (χ0n) is 9.94. The lowest BCUT2D eigenvalue weighted by atomic mass is 10.1. The van der Waals surface area contributed by atoms with Gasteiger partial charge in [-0.25, -0.2) is 0 Å². The molecule has 1 unspecified atom stereocenters. The van der Waals surface area contributed by atoms with Crippen molar-refractivity contribution in [3.05, 3.63) is 28.2 Å². The van der Waals surface area contributed by atoms with Crippen LogP contribution in [0, 0.1) is 12.3 Å². The molecule has 0 saturated heterocycles. The Kier molecular flexibility index (Phi) is 5.69. The third-order valence-corrected chi connectivity index (χ3v) is 2.66. The highest BCUT2D eigenvalue weighted by Gasteiger charge is 2.11. The van der Waals surface area contributed by atoms with Gasteiger partial charge in [0.15, 0.2) is 6.61 Å². The SMILES string of the molecule is C#CCNC(=O)COc1ccc(Br)cc1C(C)O. The average molecular weight is 312 g/mol. The molecule has 1 aromatic rings. The Morgan fingerprint density at radius 2 is 2.39 bits per heavy atom. The van der Waals surface area contributed by atoms with E-state index in [2.05, 4.69) is 27.2 Å². The minimum atomic E-state index is -0.675. The van der Waals surface area contributed by atoms with Gasteiger partial charge in [0.1, 0.15) is 5.75 Å². The molecule has 0 aliphatic heterocycles. The fourth-order valence-electron chi connectivity index (χ4n) is 1.32. The molecule has 0 heterocycles. The summed E-state index contributed by atoms with van der Waals surface area (Å²) in [5.41, 5.74) is 0.620. The number of carbonyl (C=O) groups excluding carboxylic acids is 1. The number of amides is 1. The van der Waals surface area contributed by atoms with Gasteiger partial charge in [-0.2, -0.15) is 0 Å². The number of hydrogen-bond acceptors (Lipinski definition) is 3. The predicted octanol–water partition coefficient (Wildman–Crippen LogP) is 1.63. The quantitative estimate of drug-likeness (QED) is 0.813. The van der Waals surface area contributed by atoms with E-state index in [9.17, 15) is 9.90 Å². The van der Waals surface area contributed by atoms with E-state index in [-0.39, 0.29) is 19.1 Å². The number of carbonyl (C=O) groups is 1. The van der Waals surface area contributed by atoms with Gasteiger partial charge in [-0.3, -0.25) is 4.79 Å². The Labute approximate surface area is 114 Å². The van der Waals surface area contributed by atoms with Crippen molar-refractivity contribution in [3.8, 4) is 18.1 Å². The highest BCUT2D eigenvalue weighted by Crippen LogP contribution is 2.28. The van der Waals surface area contributed by atoms with Crippen molar-refractivity contribution in [3.63, 3.8) is 0 Å². The van der Waals surface area contributed by atoms with Crippen LogP contribution in [0.5, 0.6) is 5.75 Å². The van der Waals surface area contributed by atoms with Gasteiger partial charge in [0, 0.05) is 10.0 Å². The van der Waals surface area contributed by atoms with Crippen molar-refractivity contribution in [2.45, 2.75) is 13.0 Å². The van der Waals surface area contributed by atoms with Crippen LogP contribution in [0.15, 0.2) is 22.7 Å². The Balaban J connectivity index is 2.67. The van der Waals surface area contributed by atoms with Gasteiger partial charge < -0.3 is 15.2 Å². The summed E-state index contributed by atoms with van der Waals surface area (Å²) in [5, 5.41) is 12.1. The highest BCUT2D eigenvalue weighted by molar-refractivity contribution is 9.10. The van der Waals surface area contributed by atoms with E-state index in [4.69, 9.17) is 11.2 Å². The van der Waals surface area contributed by atoms with Crippen LogP contribution in [0.3, 0.4) is 0 Å². The van der Waals surface area contributed by atoms with Gasteiger partial charge in [0.05, 0.1) is 12.6 Å². The van der Waals surface area contributed by atoms with Gasteiger partial charge in [-0.05, 0) is 25.1 Å². The smallest absolute Gasteiger partial charge is 0.258 e. The molecule has 0 saturated carbocycles. The molecule has 1 rings (SSSR count). The summed E-state index contributed by atoms with van der Waals surface area (Å²) in [7, 11) is 0. The fourth-order valence-corrected chi connectivity index (χ4v) is 1.70. The summed E-state index contributed by atoms with van der Waals surface area (Å²) >= 11 is 3.31. The van der Waals surface area contributed by atoms with Crippen molar-refractivity contribution in [1.82, 2.24) is 5.32 Å². The van der Waals surface area contributed by atoms with Gasteiger partial charge in [-0.15, -0.1) is 6.42 Å². The number of ether oxygens (including phenoxy) is 1. The molecule has 0 aromatic heterocycles. The number of aliphatic hydroxyl groups is 1. The summed E-state index contributed by atoms with van der Waals surface area (Å²) in [6.45, 7) is 1.67. The second-order valence-electron chi connectivity index (χ2n) is 3.63. The molecule has 0 radical (unpaired) electrons. The number of rotatable bonds is 5. The van der Waals surface area contributed by atoms with E-state index in [0.29, 0.717) is 11.3 Å². The van der Waals surface area contributed by atoms with Crippen LogP contribution in [0.4, 0.5) is 0 Å². The summed E-state index contributed by atoms with van der Waals surface area (Å²) < 4.78 is 6.19. The molecule has 0 bridgehead atoms. The standard InChI is InChI=1S/C13H14BrNO3/c1-3-6-15-13(17)8-18-12-5-4-10(14)7-11(12)9(2)16/h1,4-5,7,9,16H,6,8H2,2H3,(H,15,17). The van der Waals surface area contributed by atoms with Crippen LogP contribution >= 0.6 is 15.9 Å². The summed E-state index contributed by atoms with van der Waals surface area (Å²) in [6, 6.07) is 5.22. The van der Waals surface area contributed by atoms with E-state index >= 15 is 0 Å². The van der Waals surface area contributed by atoms with Gasteiger partial charge in [0.25, 0.3) is 5.91 Å². The second-order valence-corrected chi connectivity index (χ2v) is 4.54. The van der Waals surface area contributed by atoms with Crippen LogP contribution in [0.2, 0.25) is 0 Å². The fraction of sp³-hybridized carbons (Fsp3) is 0.308. The third-order valence-electron chi connectivity index (χ3n) is 2.17. The molecular weight excluding hydrogens is 298 g/mol. The Bertz CT molecular complexity index is 466. The van der Waals surface area contributed by atoms with E-state index < -0.39 is 6.10 Å². The summed E-state index contributed by atoms with van der Waals surface area (Å²) in [4.78, 5) is 11.3. The molecule has 5 heteroatoms. The summed E-state index contributed by atoms with van der Waals surface area (Å²) in [5.74, 6) is 2.48. The monoisotopic (exact) mass is 311 g/mol. The van der Waals surface area contributed by atoms with Gasteiger partial charge in [-0.1, -0.05) is 21.9 Å². The Morgan fingerprint density at radius 1 is 1.67 bits per heavy atom. The molecular formula is C13H14BrNO3. The largest absolute Gasteiger partial charge is 0.483 e. The first-order chi connectivity index (χ1) is 8.54. The number of terminal acetylenes is 1. The van der Waals surface area contributed by atoms with Crippen LogP contribution in [-0.2, 0) is 4.79 Å². The zero-order valence-corrected chi connectivity index (χ0v) is 11.5. The maximum atomic E-state index is 11.3. The van der Waals surface area contributed by atoms with E-state index in [1.165, 1.54) is 0 Å². The maximum absolute atomic E-state index is 11.3. The average Bonchev–Trinajstić information content (AvgIpc) is 2.34. The Hall–Kier alpha value is -1.51. The Morgan fingerprint density at radius 3 is 3.00 bits per heavy atom. The maximum Gasteiger partial charge on any atom is 0.258 e. The van der Waals surface area contributed by atoms with E-state index in [1.807, 2.05) is 0 Å². The second kappa shape index (κ2) is 7.04. The highest BCUT2D eigenvalue weighted by atomic mass is 79.9. The number of hydrogen-bond donors (Lipinski definition) is 2. The minimum Gasteiger partial charge on any atom is -0.483 e. The van der Waals surface area contributed by atoms with E-state index in [0.717, 1.165) is 4.47 Å². The molecule has 4 nitrogen and oxygen atoms in total. The lowest BCUT2D eigenvalue weighted by Crippen LogP contribution is -2.29. The zero-order chi connectivity index (χ0) is 13.5. The predicted molar refractivity (Wildman–Crippen MR) is 72.1 cm³/mol. The first-order valence-electron chi connectivity index (χ1n) is 5.35. The molecule has 0 aliphatic carbocycles. The first kappa shape index (κ1) is 14.6. The number of halogens is 1. The van der Waals surface area contributed by atoms with Crippen molar-refractivity contribution < 1.29 is 14.6 Å². The van der Waals surface area contributed by atoms with Gasteiger partial charge in [0.2, 0.25) is 0 Å². The number of aliphatic hydroxyl groups excluding tert-OH is 1. The lowest BCUT2D eigenvalue weighted by Gasteiger charge is -2.13. The van der Waals surface area contributed by atoms with Crippen LogP contribution in [0.25, 0.3) is 0 Å². The van der Waals surface area contributed by atoms with E-state index in [1.54, 1.807) is 25.1 Å². The van der Waals surface area contributed by atoms with Crippen molar-refractivity contribution in [2.75, 3.05) is 13.2 Å². The third kappa shape index (κ3) is 4.40. The molecule has 1 atom stereocenters. The molecule has 0 aliphatic rings. The topological polar surface area (TPSA) is 58.6 Å². The van der Waals surface area contributed by atoms with Crippen LogP contribution < -0.4 is 10.1 Å². The number of nitrogens with one attached hydrogen (secondary N) is 1. The van der Waals surface area contributed by atoms with Crippen molar-refractivity contribution in [2.24, 2.45) is 0 Å². The molecule has 96 valence electrons. The molecule has 1 amide bonds. The summed E-state index contributed by atoms with van der Waals surface area (Å²) in [6.07, 6.45) is 4.35. The number of benzene rings is 1. The van der Waals surface area contributed by atoms with Crippen molar-refractivity contribution in [1.29, 1.82) is 0 Å². The minimum absolute atomic E-state index is 0.136. The lowest BCUT2D eigenvalue weighted by molar-refractivity contribution is -0.122. The molecule has 2 N–H and O–H groups in total. The molecule has 0 spiro atoms. The van der Waals surface area contributed by atoms with Crippen LogP contribution in [-0.4, -0.2) is 24.2 Å².